The Kier molecular flexibility index (Phi) is 20.0. The molecule has 1 aromatic heterocycles. The molecule has 1 heterocycles. The van der Waals surface area contributed by atoms with E-state index in [0.717, 1.165) is 33.4 Å². The van der Waals surface area contributed by atoms with Crippen molar-refractivity contribution in [1.82, 2.24) is 20.3 Å². The van der Waals surface area contributed by atoms with E-state index in [4.69, 9.17) is 52.2 Å². The first-order chi connectivity index (χ1) is 33.2. The van der Waals surface area contributed by atoms with Crippen molar-refractivity contribution in [3.63, 3.8) is 0 Å². The molecular weight excluding hydrogens is 885 g/mol. The molecular formula is C52H60N4O11Si. The molecule has 2 N–H and O–H groups in total. The number of nitrogens with zero attached hydrogens (tertiary/aromatic N) is 3. The van der Waals surface area contributed by atoms with Gasteiger partial charge >= 0.3 is 20.6 Å². The molecule has 16 heteroatoms. The summed E-state index contributed by atoms with van der Waals surface area (Å²) in [5, 5.41) is 14.0. The van der Waals surface area contributed by atoms with Gasteiger partial charge in [0.2, 0.25) is 0 Å². The van der Waals surface area contributed by atoms with Crippen LogP contribution in [0.5, 0.6) is 11.5 Å². The van der Waals surface area contributed by atoms with E-state index in [0.29, 0.717) is 55.7 Å². The lowest BCUT2D eigenvalue weighted by Gasteiger charge is -2.29. The quantitative estimate of drug-likeness (QED) is 0.0284. The number of amides is 1. The maximum absolute atomic E-state index is 12.8. The van der Waals surface area contributed by atoms with E-state index in [1.54, 1.807) is 26.2 Å². The van der Waals surface area contributed by atoms with Crippen molar-refractivity contribution in [3.8, 4) is 67.9 Å². The molecule has 0 saturated carbocycles. The van der Waals surface area contributed by atoms with E-state index >= 15 is 0 Å². The van der Waals surface area contributed by atoms with E-state index in [9.17, 15) is 14.7 Å². The summed E-state index contributed by atoms with van der Waals surface area (Å²) < 4.78 is 44.5. The molecule has 0 fully saturated rings. The molecule has 358 valence electrons. The monoisotopic (exact) mass is 944 g/mol. The van der Waals surface area contributed by atoms with Crippen LogP contribution in [0, 0.1) is 0 Å². The molecule has 15 nitrogen and oxygen atoms in total. The van der Waals surface area contributed by atoms with Crippen molar-refractivity contribution < 1.29 is 52.0 Å². The van der Waals surface area contributed by atoms with Gasteiger partial charge in [0.05, 0.1) is 38.2 Å². The molecule has 1 amide bonds. The number of benzene rings is 5. The van der Waals surface area contributed by atoms with Crippen LogP contribution in [0.15, 0.2) is 127 Å². The third kappa shape index (κ3) is 15.2. The topological polar surface area (TPSA) is 179 Å². The van der Waals surface area contributed by atoms with Gasteiger partial charge in [0, 0.05) is 44.1 Å². The Morgan fingerprint density at radius 3 is 1.62 bits per heavy atom. The Balaban J connectivity index is 0.953. The minimum atomic E-state index is -2.48. The second kappa shape index (κ2) is 26.7. The van der Waals surface area contributed by atoms with Crippen LogP contribution in [0.4, 0.5) is 4.79 Å². The van der Waals surface area contributed by atoms with Gasteiger partial charge in [-0.3, -0.25) is 0 Å². The number of phenols is 1. The zero-order chi connectivity index (χ0) is 48.0. The number of phenolic OH excluding ortho intramolecular Hbond substituents is 1. The fourth-order valence-electron chi connectivity index (χ4n) is 7.19. The van der Waals surface area contributed by atoms with Crippen LogP contribution in [0.3, 0.4) is 0 Å². The number of ether oxygens (including phenoxy) is 6. The van der Waals surface area contributed by atoms with Crippen LogP contribution < -0.4 is 10.1 Å². The minimum absolute atomic E-state index is 0.00175. The number of esters is 1. The number of aromatic nitrogens is 3. The van der Waals surface area contributed by atoms with Gasteiger partial charge in [-0.15, -0.1) is 0 Å². The van der Waals surface area contributed by atoms with Gasteiger partial charge in [-0.1, -0.05) is 109 Å². The number of hydrogen-bond donors (Lipinski definition) is 2. The molecule has 1 atom stereocenters. The molecule has 0 aliphatic heterocycles. The number of carbonyl (C=O) groups excluding carboxylic acids is 2. The number of nitrogens with one attached hydrogen (secondary N) is 1. The highest BCUT2D eigenvalue weighted by molar-refractivity contribution is 6.67. The predicted octanol–water partition coefficient (Wildman–Crippen LogP) is 9.07. The fraction of sp³-hybridized carbons (Fsp3) is 0.327. The molecule has 0 spiro atoms. The van der Waals surface area contributed by atoms with E-state index in [1.165, 1.54) is 6.07 Å². The van der Waals surface area contributed by atoms with Gasteiger partial charge in [-0.05, 0) is 67.6 Å². The molecule has 0 aliphatic rings. The van der Waals surface area contributed by atoms with Crippen molar-refractivity contribution >= 4 is 20.6 Å². The van der Waals surface area contributed by atoms with Crippen LogP contribution >= 0.6 is 0 Å². The second-order valence-electron chi connectivity index (χ2n) is 15.4. The smallest absolute Gasteiger partial charge is 0.407 e. The van der Waals surface area contributed by atoms with Crippen LogP contribution in [0.2, 0.25) is 6.04 Å². The predicted molar refractivity (Wildman–Crippen MR) is 261 cm³/mol. The Hall–Kier alpha value is -6.53. The van der Waals surface area contributed by atoms with E-state index in [2.05, 4.69) is 29.6 Å². The summed E-state index contributed by atoms with van der Waals surface area (Å²) in [5.41, 5.74) is 6.21. The number of aromatic hydroxyl groups is 1. The summed E-state index contributed by atoms with van der Waals surface area (Å²) in [6.45, 7) is 7.84. The first kappa shape index (κ1) is 50.9. The van der Waals surface area contributed by atoms with Crippen molar-refractivity contribution in [1.29, 1.82) is 0 Å². The summed E-state index contributed by atoms with van der Waals surface area (Å²) >= 11 is 0. The first-order valence-electron chi connectivity index (χ1n) is 22.8. The Labute approximate surface area is 399 Å². The van der Waals surface area contributed by atoms with Gasteiger partial charge < -0.3 is 47.7 Å². The number of methoxy groups -OCH3 is 1. The molecule has 6 rings (SSSR count). The Bertz CT molecular complexity index is 2350. The van der Waals surface area contributed by atoms with Gasteiger partial charge in [0.1, 0.15) is 24.7 Å². The maximum atomic E-state index is 12.8. The first-order valence-corrected chi connectivity index (χ1v) is 25.0. The average molecular weight is 945 g/mol. The van der Waals surface area contributed by atoms with E-state index < -0.39 is 26.7 Å². The van der Waals surface area contributed by atoms with Gasteiger partial charge in [-0.2, -0.15) is 0 Å². The summed E-state index contributed by atoms with van der Waals surface area (Å²) in [5.74, 6) is 0.634. The van der Waals surface area contributed by atoms with E-state index in [1.807, 2.05) is 98.8 Å². The fourth-order valence-corrected chi connectivity index (χ4v) is 10.1. The molecule has 0 aliphatic carbocycles. The third-order valence-electron chi connectivity index (χ3n) is 10.5. The highest BCUT2D eigenvalue weighted by Gasteiger charge is 2.37. The second-order valence-corrected chi connectivity index (χ2v) is 18.6. The highest BCUT2D eigenvalue weighted by Crippen LogP contribution is 2.34. The number of hydrogen-bond acceptors (Lipinski definition) is 14. The van der Waals surface area contributed by atoms with Gasteiger partial charge in [0.15, 0.2) is 23.6 Å². The van der Waals surface area contributed by atoms with Crippen molar-refractivity contribution in [2.45, 2.75) is 39.3 Å². The zero-order valence-corrected chi connectivity index (χ0v) is 40.1. The van der Waals surface area contributed by atoms with Gasteiger partial charge in [-0.25, -0.2) is 24.5 Å². The minimum Gasteiger partial charge on any atom is -0.507 e. The van der Waals surface area contributed by atoms with E-state index in [-0.39, 0.29) is 57.0 Å². The lowest BCUT2D eigenvalue weighted by Crippen LogP contribution is -2.47. The molecule has 0 radical (unpaired) electrons. The van der Waals surface area contributed by atoms with Gasteiger partial charge in [0.25, 0.3) is 0 Å². The normalized spacial score (nSPS) is 11.8. The van der Waals surface area contributed by atoms with Crippen molar-refractivity contribution in [2.24, 2.45) is 0 Å². The maximum Gasteiger partial charge on any atom is 0.407 e. The molecule has 1 unspecified atom stereocenters. The number of rotatable bonds is 27. The van der Waals surface area contributed by atoms with Crippen LogP contribution in [0.25, 0.3) is 56.4 Å². The third-order valence-corrected chi connectivity index (χ3v) is 14.0. The molecule has 0 saturated heterocycles. The largest absolute Gasteiger partial charge is 0.507 e. The molecule has 0 bridgehead atoms. The zero-order valence-electron chi connectivity index (χ0n) is 39.1. The lowest BCUT2D eigenvalue weighted by molar-refractivity contribution is -0.152. The van der Waals surface area contributed by atoms with Crippen molar-refractivity contribution in [3.05, 3.63) is 127 Å². The molecule has 6 aromatic rings. The Morgan fingerprint density at radius 1 is 0.618 bits per heavy atom. The van der Waals surface area contributed by atoms with Crippen LogP contribution in [-0.4, -0.2) is 120 Å². The summed E-state index contributed by atoms with van der Waals surface area (Å²) in [4.78, 5) is 39.3. The molecule has 5 aromatic carbocycles. The number of carbonyl (C=O) groups is 2. The SMILES string of the molecule is CCO[Si](CCCNC(=O)OCCOCCOCCOC(=O)C(C)Oc1ccc(-c2nc(-c3ccc(-c4ccccc4)cc3)nc(-c3ccc(-c4ccccc4)cc3)n2)c(O)c1)(COC)OCC. The summed E-state index contributed by atoms with van der Waals surface area (Å²) in [6.07, 6.45) is -0.412. The average Bonchev–Trinajstić information content (AvgIpc) is 3.36. The van der Waals surface area contributed by atoms with Crippen LogP contribution in [0.1, 0.15) is 27.2 Å². The van der Waals surface area contributed by atoms with Crippen LogP contribution in [-0.2, 0) is 37.3 Å². The highest BCUT2D eigenvalue weighted by atomic mass is 28.4. The number of alkyl carbamates (subject to hydrolysis) is 1. The standard InChI is InChI=1S/C52H60N4O11Si/c1-5-65-68(37-60-4,66-6-2)35-13-28-53-52(59)64-34-32-62-30-29-61-31-33-63-51(58)38(3)67-45-26-27-46(47(57)36-45)50-55-48(43-22-18-41(19-23-43)39-14-9-7-10-15-39)54-49(56-50)44-24-20-42(21-25-44)40-16-11-8-12-17-40/h7-12,14-27,36,38,57H,5-6,13,28-35,37H2,1-4H3,(H,53,59). The summed E-state index contributed by atoms with van der Waals surface area (Å²) in [6, 6.07) is 41.6. The van der Waals surface area contributed by atoms with Crippen molar-refractivity contribution in [2.75, 3.05) is 72.7 Å². The molecule has 68 heavy (non-hydrogen) atoms. The Morgan fingerprint density at radius 2 is 1.10 bits per heavy atom. The lowest BCUT2D eigenvalue weighted by atomic mass is 10.0. The summed E-state index contributed by atoms with van der Waals surface area (Å²) in [7, 11) is -0.853.